The molecule has 0 heterocycles. The number of aliphatic hydroxyl groups excluding tert-OH is 1. The monoisotopic (exact) mass is 332 g/mol. The summed E-state index contributed by atoms with van der Waals surface area (Å²) >= 11 is 0. The van der Waals surface area contributed by atoms with Crippen LogP contribution in [0.5, 0.6) is 5.75 Å². The van der Waals surface area contributed by atoms with Crippen molar-refractivity contribution in [2.75, 3.05) is 6.79 Å². The van der Waals surface area contributed by atoms with Gasteiger partial charge in [0.05, 0.1) is 0 Å². The molecule has 0 unspecified atom stereocenters. The van der Waals surface area contributed by atoms with Gasteiger partial charge < -0.3 is 9.84 Å². The van der Waals surface area contributed by atoms with Crippen molar-refractivity contribution in [3.63, 3.8) is 0 Å². The maximum atomic E-state index is 12.4. The minimum atomic E-state index is -4.70. The van der Waals surface area contributed by atoms with Gasteiger partial charge in [0, 0.05) is 11.1 Å². The zero-order valence-corrected chi connectivity index (χ0v) is 11.6. The summed E-state index contributed by atoms with van der Waals surface area (Å²) in [5.74, 6) is -0.867. The predicted molar refractivity (Wildman–Crippen MR) is 81.0 cm³/mol. The molecule has 0 bridgehead atoms. The molecule has 2 N–H and O–H groups in total. The molecule has 0 radical (unpaired) electrons. The molecular formula is C14H13NaO6S. The number of aliphatic hydroxyl groups is 1. The van der Waals surface area contributed by atoms with E-state index in [-0.39, 0.29) is 46.4 Å². The van der Waals surface area contributed by atoms with Gasteiger partial charge in [0.1, 0.15) is 10.6 Å². The molecule has 112 valence electrons. The zero-order chi connectivity index (χ0) is 15.5. The van der Waals surface area contributed by atoms with Crippen LogP contribution in [-0.2, 0) is 10.1 Å². The summed E-state index contributed by atoms with van der Waals surface area (Å²) in [7, 11) is -4.70. The molecule has 0 spiro atoms. The first-order valence-corrected chi connectivity index (χ1v) is 7.33. The minimum absolute atomic E-state index is 0. The molecule has 0 fully saturated rings. The van der Waals surface area contributed by atoms with Crippen LogP contribution in [0.15, 0.2) is 53.4 Å². The quantitative estimate of drug-likeness (QED) is 0.364. The van der Waals surface area contributed by atoms with E-state index in [0.717, 1.165) is 0 Å². The van der Waals surface area contributed by atoms with E-state index < -0.39 is 27.6 Å². The molecule has 0 aliphatic carbocycles. The number of rotatable bonds is 5. The third kappa shape index (κ3) is 4.16. The number of benzene rings is 2. The van der Waals surface area contributed by atoms with Crippen molar-refractivity contribution in [3.8, 4) is 5.75 Å². The Morgan fingerprint density at radius 1 is 1.05 bits per heavy atom. The van der Waals surface area contributed by atoms with Crippen LogP contribution in [0.2, 0.25) is 0 Å². The van der Waals surface area contributed by atoms with Crippen molar-refractivity contribution in [1.82, 2.24) is 0 Å². The third-order valence-electron chi connectivity index (χ3n) is 2.74. The fourth-order valence-corrected chi connectivity index (χ4v) is 2.71. The van der Waals surface area contributed by atoms with Crippen LogP contribution in [0.25, 0.3) is 0 Å². The number of carbonyl (C=O) groups is 1. The number of ether oxygens (including phenoxy) is 1. The van der Waals surface area contributed by atoms with Gasteiger partial charge in [-0.2, -0.15) is 8.42 Å². The Morgan fingerprint density at radius 3 is 2.23 bits per heavy atom. The van der Waals surface area contributed by atoms with Crippen molar-refractivity contribution in [1.29, 1.82) is 0 Å². The van der Waals surface area contributed by atoms with Crippen molar-refractivity contribution in [2.24, 2.45) is 0 Å². The van der Waals surface area contributed by atoms with Crippen LogP contribution >= 0.6 is 0 Å². The second-order valence-electron chi connectivity index (χ2n) is 4.08. The Bertz CT molecular complexity index is 758. The fourth-order valence-electron chi connectivity index (χ4n) is 1.89. The number of carbonyl (C=O) groups excluding carboxylic acids is 1. The molecule has 2 aromatic rings. The molecule has 0 saturated heterocycles. The first kappa shape index (κ1) is 18.8. The molecule has 6 nitrogen and oxygen atoms in total. The molecule has 2 rings (SSSR count). The van der Waals surface area contributed by atoms with Crippen LogP contribution in [0.3, 0.4) is 0 Å². The second kappa shape index (κ2) is 7.87. The van der Waals surface area contributed by atoms with Crippen LogP contribution in [0.1, 0.15) is 15.9 Å². The first-order chi connectivity index (χ1) is 9.95. The number of hydrogen-bond acceptors (Lipinski definition) is 5. The Hall–Kier alpha value is -1.22. The molecular weight excluding hydrogens is 319 g/mol. The third-order valence-corrected chi connectivity index (χ3v) is 3.67. The van der Waals surface area contributed by atoms with E-state index in [1.807, 2.05) is 0 Å². The van der Waals surface area contributed by atoms with Crippen LogP contribution < -0.4 is 4.74 Å². The molecule has 2 aromatic carbocycles. The van der Waals surface area contributed by atoms with Crippen molar-refractivity contribution < 1.29 is 27.6 Å². The topological polar surface area (TPSA) is 101 Å². The number of hydrogen-bond donors (Lipinski definition) is 2. The van der Waals surface area contributed by atoms with E-state index in [0.29, 0.717) is 0 Å². The van der Waals surface area contributed by atoms with Gasteiger partial charge in [0.15, 0.2) is 12.6 Å². The summed E-state index contributed by atoms with van der Waals surface area (Å²) in [4.78, 5) is 11.7. The zero-order valence-electron chi connectivity index (χ0n) is 10.8. The van der Waals surface area contributed by atoms with Gasteiger partial charge in [-0.05, 0) is 12.1 Å². The Kier molecular flexibility index (Phi) is 6.73. The van der Waals surface area contributed by atoms with Crippen LogP contribution in [-0.4, -0.2) is 60.2 Å². The Morgan fingerprint density at radius 2 is 1.68 bits per heavy atom. The van der Waals surface area contributed by atoms with E-state index in [9.17, 15) is 17.8 Å². The van der Waals surface area contributed by atoms with Gasteiger partial charge in [-0.15, -0.1) is 0 Å². The van der Waals surface area contributed by atoms with Gasteiger partial charge in [0.2, 0.25) is 0 Å². The van der Waals surface area contributed by atoms with Gasteiger partial charge >= 0.3 is 29.6 Å². The molecule has 8 heteroatoms. The fraction of sp³-hybridized carbons (Fsp3) is 0.0714. The van der Waals surface area contributed by atoms with Gasteiger partial charge in [-0.3, -0.25) is 9.35 Å². The summed E-state index contributed by atoms with van der Waals surface area (Å²) in [6, 6.07) is 11.9. The van der Waals surface area contributed by atoms with Crippen molar-refractivity contribution >= 4 is 45.5 Å². The molecule has 0 aliphatic rings. The molecule has 0 amide bonds. The molecule has 0 aliphatic heterocycles. The first-order valence-electron chi connectivity index (χ1n) is 5.89. The average molecular weight is 332 g/mol. The normalized spacial score (nSPS) is 10.6. The summed E-state index contributed by atoms with van der Waals surface area (Å²) in [5.41, 5.74) is 0.0400. The maximum absolute atomic E-state index is 12.4. The van der Waals surface area contributed by atoms with Crippen LogP contribution in [0.4, 0.5) is 0 Å². The van der Waals surface area contributed by atoms with E-state index in [4.69, 9.17) is 9.84 Å². The average Bonchev–Trinajstić information content (AvgIpc) is 2.46. The summed E-state index contributed by atoms with van der Waals surface area (Å²) < 4.78 is 37.1. The van der Waals surface area contributed by atoms with Crippen molar-refractivity contribution in [2.45, 2.75) is 4.90 Å². The summed E-state index contributed by atoms with van der Waals surface area (Å²) in [5, 5.41) is 8.77. The molecule has 0 aromatic heterocycles. The summed E-state index contributed by atoms with van der Waals surface area (Å²) in [6.07, 6.45) is 0. The van der Waals surface area contributed by atoms with E-state index >= 15 is 0 Å². The van der Waals surface area contributed by atoms with E-state index in [1.165, 1.54) is 30.3 Å². The van der Waals surface area contributed by atoms with Crippen molar-refractivity contribution in [3.05, 3.63) is 59.7 Å². The molecule has 0 atom stereocenters. The molecule has 0 saturated carbocycles. The van der Waals surface area contributed by atoms with Crippen LogP contribution in [0, 0.1) is 0 Å². The number of ketones is 1. The van der Waals surface area contributed by atoms with Gasteiger partial charge in [0.25, 0.3) is 10.1 Å². The standard InChI is InChI=1S/C14H12O6S.Na.H/c15-9-20-12-8-4-7-11(14(12)21(17,18)19)13(16)10-5-2-1-3-6-10;;/h1-8,15H,9H2,(H,17,18,19);;. The summed E-state index contributed by atoms with van der Waals surface area (Å²) in [6.45, 7) is -0.786. The van der Waals surface area contributed by atoms with E-state index in [2.05, 4.69) is 0 Å². The second-order valence-corrected chi connectivity index (χ2v) is 5.43. The van der Waals surface area contributed by atoms with Gasteiger partial charge in [-0.25, -0.2) is 0 Å². The Labute approximate surface area is 149 Å². The van der Waals surface area contributed by atoms with Gasteiger partial charge in [-0.1, -0.05) is 36.4 Å². The molecule has 22 heavy (non-hydrogen) atoms. The Balaban J connectivity index is 0.00000242. The van der Waals surface area contributed by atoms with E-state index in [1.54, 1.807) is 18.2 Å². The predicted octanol–water partition coefficient (Wildman–Crippen LogP) is 0.844. The SMILES string of the molecule is O=C(c1ccccc1)c1cccc(OCO)c1S(=O)(=O)O.[NaH].